The van der Waals surface area contributed by atoms with Gasteiger partial charge < -0.3 is 0 Å². The lowest BCUT2D eigenvalue weighted by molar-refractivity contribution is 0.117. The van der Waals surface area contributed by atoms with E-state index in [4.69, 9.17) is 6.42 Å². The van der Waals surface area contributed by atoms with E-state index in [1.165, 1.54) is 5.57 Å². The Morgan fingerprint density at radius 2 is 1.96 bits per heavy atom. The van der Waals surface area contributed by atoms with E-state index in [2.05, 4.69) is 21.8 Å². The summed E-state index contributed by atoms with van der Waals surface area (Å²) in [6.07, 6.45) is 11.1. The van der Waals surface area contributed by atoms with Crippen molar-refractivity contribution in [2.24, 2.45) is 0 Å². The second kappa shape index (κ2) is 8.30. The average Bonchev–Trinajstić information content (AvgIpc) is 2.96. The second-order valence-electron chi connectivity index (χ2n) is 6.17. The molecule has 0 saturated carbocycles. The SMILES string of the molecule is C#C/C=C\C(=C/C)CN1CCN(Cn2sc3ccccc3c2=O)CC1. The quantitative estimate of drug-likeness (QED) is 0.611. The Morgan fingerprint density at radius 3 is 2.64 bits per heavy atom. The van der Waals surface area contributed by atoms with Crippen LogP contribution in [0, 0.1) is 12.3 Å². The third-order valence-corrected chi connectivity index (χ3v) is 5.57. The molecule has 0 bridgehead atoms. The van der Waals surface area contributed by atoms with Gasteiger partial charge in [0.2, 0.25) is 0 Å². The van der Waals surface area contributed by atoms with Crippen LogP contribution in [-0.4, -0.2) is 46.5 Å². The van der Waals surface area contributed by atoms with Crippen molar-refractivity contribution < 1.29 is 0 Å². The van der Waals surface area contributed by atoms with E-state index in [9.17, 15) is 4.79 Å². The summed E-state index contributed by atoms with van der Waals surface area (Å²) in [5.74, 6) is 2.54. The number of allylic oxidation sites excluding steroid dienone is 2. The predicted molar refractivity (Wildman–Crippen MR) is 106 cm³/mol. The third-order valence-electron chi connectivity index (χ3n) is 4.52. The highest BCUT2D eigenvalue weighted by atomic mass is 32.1. The Bertz CT molecular complexity index is 876. The van der Waals surface area contributed by atoms with Gasteiger partial charge in [-0.05, 0) is 36.8 Å². The number of terminal acetylenes is 1. The van der Waals surface area contributed by atoms with Crippen LogP contribution in [-0.2, 0) is 6.67 Å². The molecule has 0 N–H and O–H groups in total. The smallest absolute Gasteiger partial charge is 0.269 e. The Morgan fingerprint density at radius 1 is 1.24 bits per heavy atom. The van der Waals surface area contributed by atoms with E-state index in [0.29, 0.717) is 6.67 Å². The molecule has 5 heteroatoms. The molecule has 1 aromatic carbocycles. The molecule has 0 aliphatic carbocycles. The molecule has 1 aliphatic heterocycles. The largest absolute Gasteiger partial charge is 0.297 e. The Labute approximate surface area is 152 Å². The minimum atomic E-state index is 0.124. The summed E-state index contributed by atoms with van der Waals surface area (Å²) in [5, 5.41) is 0.823. The van der Waals surface area contributed by atoms with Crippen molar-refractivity contribution in [3.05, 3.63) is 58.4 Å². The van der Waals surface area contributed by atoms with Gasteiger partial charge in [-0.2, -0.15) is 0 Å². The summed E-state index contributed by atoms with van der Waals surface area (Å²) < 4.78 is 2.93. The number of nitrogens with zero attached hydrogens (tertiary/aromatic N) is 3. The first kappa shape index (κ1) is 17.7. The highest BCUT2D eigenvalue weighted by molar-refractivity contribution is 7.13. The lowest BCUT2D eigenvalue weighted by Crippen LogP contribution is -2.47. The van der Waals surface area contributed by atoms with Crippen molar-refractivity contribution in [3.8, 4) is 12.3 Å². The van der Waals surface area contributed by atoms with E-state index in [1.54, 1.807) is 17.6 Å². The third kappa shape index (κ3) is 4.29. The minimum absolute atomic E-state index is 0.124. The fourth-order valence-electron chi connectivity index (χ4n) is 3.03. The van der Waals surface area contributed by atoms with Gasteiger partial charge >= 0.3 is 0 Å². The van der Waals surface area contributed by atoms with Crippen LogP contribution >= 0.6 is 11.5 Å². The first-order chi connectivity index (χ1) is 12.2. The van der Waals surface area contributed by atoms with Crippen LogP contribution in [0.25, 0.3) is 10.1 Å². The fraction of sp³-hybridized carbons (Fsp3) is 0.350. The molecule has 1 saturated heterocycles. The highest BCUT2D eigenvalue weighted by Crippen LogP contribution is 2.16. The molecule has 1 fully saturated rings. The van der Waals surface area contributed by atoms with Gasteiger partial charge in [0.15, 0.2) is 0 Å². The van der Waals surface area contributed by atoms with Gasteiger partial charge in [0, 0.05) is 32.7 Å². The van der Waals surface area contributed by atoms with Crippen LogP contribution in [0.1, 0.15) is 6.92 Å². The number of hydrogen-bond acceptors (Lipinski definition) is 4. The zero-order valence-corrected chi connectivity index (χ0v) is 15.3. The summed E-state index contributed by atoms with van der Waals surface area (Å²) in [5.41, 5.74) is 1.37. The molecule has 130 valence electrons. The molecule has 0 atom stereocenters. The van der Waals surface area contributed by atoms with Gasteiger partial charge in [-0.15, -0.1) is 6.42 Å². The number of hydrogen-bond donors (Lipinski definition) is 0. The lowest BCUT2D eigenvalue weighted by Gasteiger charge is -2.34. The minimum Gasteiger partial charge on any atom is -0.297 e. The van der Waals surface area contributed by atoms with E-state index in [-0.39, 0.29) is 5.56 Å². The highest BCUT2D eigenvalue weighted by Gasteiger charge is 2.18. The van der Waals surface area contributed by atoms with Gasteiger partial charge in [0.1, 0.15) is 0 Å². The fourth-order valence-corrected chi connectivity index (χ4v) is 4.07. The van der Waals surface area contributed by atoms with Gasteiger partial charge in [0.05, 0.1) is 16.8 Å². The Kier molecular flexibility index (Phi) is 5.87. The monoisotopic (exact) mass is 353 g/mol. The molecule has 0 radical (unpaired) electrons. The van der Waals surface area contributed by atoms with Crippen molar-refractivity contribution in [2.45, 2.75) is 13.6 Å². The maximum absolute atomic E-state index is 12.5. The van der Waals surface area contributed by atoms with Crippen LogP contribution in [0.5, 0.6) is 0 Å². The average molecular weight is 353 g/mol. The first-order valence-corrected chi connectivity index (χ1v) is 9.30. The summed E-state index contributed by atoms with van der Waals surface area (Å²) >= 11 is 1.55. The van der Waals surface area contributed by atoms with Crippen LogP contribution in [0.2, 0.25) is 0 Å². The van der Waals surface area contributed by atoms with Crippen molar-refractivity contribution in [1.82, 2.24) is 13.8 Å². The molecule has 0 unspecified atom stereocenters. The van der Waals surface area contributed by atoms with E-state index in [0.717, 1.165) is 42.8 Å². The molecule has 0 amide bonds. The van der Waals surface area contributed by atoms with Crippen molar-refractivity contribution in [2.75, 3.05) is 32.7 Å². The topological polar surface area (TPSA) is 28.5 Å². The summed E-state index contributed by atoms with van der Waals surface area (Å²) in [6.45, 7) is 7.58. The van der Waals surface area contributed by atoms with Gasteiger partial charge in [-0.25, -0.2) is 3.96 Å². The van der Waals surface area contributed by atoms with Crippen molar-refractivity contribution in [3.63, 3.8) is 0 Å². The second-order valence-corrected chi connectivity index (χ2v) is 7.23. The molecule has 1 aromatic heterocycles. The zero-order valence-electron chi connectivity index (χ0n) is 14.5. The van der Waals surface area contributed by atoms with Crippen LogP contribution in [0.15, 0.2) is 52.9 Å². The van der Waals surface area contributed by atoms with E-state index >= 15 is 0 Å². The number of rotatable bonds is 5. The molecular weight excluding hydrogens is 330 g/mol. The number of piperazine rings is 1. The standard InChI is InChI=1S/C20H23N3OS/c1-3-5-8-17(4-2)15-21-11-13-22(14-12-21)16-23-20(24)18-9-6-7-10-19(18)25-23/h1,4-10H,11-16H2,2H3/b8-5-,17-4+. The molecule has 4 nitrogen and oxygen atoms in total. The van der Waals surface area contributed by atoms with Crippen molar-refractivity contribution in [1.29, 1.82) is 0 Å². The first-order valence-electron chi connectivity index (χ1n) is 8.52. The Hall–Kier alpha value is -2.13. The van der Waals surface area contributed by atoms with Gasteiger partial charge in [-0.1, -0.05) is 35.7 Å². The van der Waals surface area contributed by atoms with Crippen LogP contribution in [0.3, 0.4) is 0 Å². The zero-order chi connectivity index (χ0) is 17.6. The molecule has 2 aromatic rings. The lowest BCUT2D eigenvalue weighted by atomic mass is 10.2. The van der Waals surface area contributed by atoms with Crippen LogP contribution in [0.4, 0.5) is 0 Å². The molecular formula is C20H23N3OS. The summed E-state index contributed by atoms with van der Waals surface area (Å²) in [4.78, 5) is 17.2. The van der Waals surface area contributed by atoms with Gasteiger partial charge in [0.25, 0.3) is 5.56 Å². The molecule has 2 heterocycles. The number of aromatic nitrogens is 1. The molecule has 1 aliphatic rings. The summed E-state index contributed by atoms with van der Waals surface area (Å²) in [7, 11) is 0. The Balaban J connectivity index is 1.57. The van der Waals surface area contributed by atoms with E-state index in [1.807, 2.05) is 41.2 Å². The molecule has 0 spiro atoms. The molecule has 3 rings (SSSR count). The maximum atomic E-state index is 12.5. The normalized spacial score (nSPS) is 17.4. The summed E-state index contributed by atoms with van der Waals surface area (Å²) in [6, 6.07) is 7.82. The maximum Gasteiger partial charge on any atom is 0.269 e. The number of fused-ring (bicyclic) bond motifs is 1. The van der Waals surface area contributed by atoms with Gasteiger partial charge in [-0.3, -0.25) is 14.6 Å². The van der Waals surface area contributed by atoms with Crippen LogP contribution < -0.4 is 5.56 Å². The van der Waals surface area contributed by atoms with Crippen molar-refractivity contribution >= 4 is 21.6 Å². The molecule has 25 heavy (non-hydrogen) atoms. The number of benzene rings is 1. The van der Waals surface area contributed by atoms with E-state index < -0.39 is 0 Å². The predicted octanol–water partition coefficient (Wildman–Crippen LogP) is 2.77.